The number of pyridine rings is 1. The van der Waals surface area contributed by atoms with Crippen molar-refractivity contribution in [2.75, 3.05) is 0 Å². The van der Waals surface area contributed by atoms with Gasteiger partial charge in [-0.1, -0.05) is 11.8 Å². The zero-order chi connectivity index (χ0) is 14.1. The molecule has 7 heteroatoms. The second kappa shape index (κ2) is 5.24. The van der Waals surface area contributed by atoms with Crippen LogP contribution in [-0.2, 0) is 4.79 Å². The Morgan fingerprint density at radius 2 is 2.10 bits per heavy atom. The Kier molecular flexibility index (Phi) is 3.43. The van der Waals surface area contributed by atoms with Crippen LogP contribution in [0.1, 0.15) is 25.8 Å². The molecule has 0 unspecified atom stereocenters. The number of amides is 1. The Labute approximate surface area is 120 Å². The van der Waals surface area contributed by atoms with Gasteiger partial charge < -0.3 is 5.73 Å². The maximum Gasteiger partial charge on any atom is 0.230 e. The minimum Gasteiger partial charge on any atom is -0.369 e. The normalized spacial score (nSPS) is 16.1. The summed E-state index contributed by atoms with van der Waals surface area (Å²) in [6.07, 6.45) is 5.71. The number of nitrogens with zero attached hydrogens (tertiary/aromatic N) is 4. The molecule has 1 saturated carbocycles. The highest BCUT2D eigenvalue weighted by molar-refractivity contribution is 8.00. The molecular weight excluding hydrogens is 274 g/mol. The molecule has 2 N–H and O–H groups in total. The van der Waals surface area contributed by atoms with Crippen molar-refractivity contribution in [3.8, 4) is 11.4 Å². The average molecular weight is 289 g/mol. The fraction of sp³-hybridized carbons (Fsp3) is 0.385. The molecule has 0 spiro atoms. The van der Waals surface area contributed by atoms with E-state index in [2.05, 4.69) is 19.7 Å². The number of carbonyl (C=O) groups excluding carboxylic acids is 1. The fourth-order valence-electron chi connectivity index (χ4n) is 1.93. The Balaban J connectivity index is 1.96. The van der Waals surface area contributed by atoms with Crippen LogP contribution in [0.25, 0.3) is 11.4 Å². The molecule has 1 fully saturated rings. The molecule has 0 aromatic carbocycles. The predicted molar refractivity (Wildman–Crippen MR) is 76.0 cm³/mol. The summed E-state index contributed by atoms with van der Waals surface area (Å²) in [5, 5.41) is 8.93. The number of hydrogen-bond donors (Lipinski definition) is 1. The zero-order valence-electron chi connectivity index (χ0n) is 11.1. The monoisotopic (exact) mass is 289 g/mol. The van der Waals surface area contributed by atoms with Crippen molar-refractivity contribution in [2.45, 2.75) is 36.2 Å². The molecule has 0 bridgehead atoms. The van der Waals surface area contributed by atoms with Crippen molar-refractivity contribution in [3.05, 3.63) is 24.5 Å². The van der Waals surface area contributed by atoms with Gasteiger partial charge in [0.1, 0.15) is 0 Å². The van der Waals surface area contributed by atoms with Crippen molar-refractivity contribution in [1.29, 1.82) is 0 Å². The van der Waals surface area contributed by atoms with E-state index >= 15 is 0 Å². The second-order valence-corrected chi connectivity index (χ2v) is 6.11. The fourth-order valence-corrected chi connectivity index (χ4v) is 2.80. The van der Waals surface area contributed by atoms with Gasteiger partial charge in [0, 0.05) is 24.0 Å². The summed E-state index contributed by atoms with van der Waals surface area (Å²) in [6, 6.07) is 4.25. The lowest BCUT2D eigenvalue weighted by atomic mass is 10.2. The van der Waals surface area contributed by atoms with Crippen LogP contribution in [0.3, 0.4) is 0 Å². The summed E-state index contributed by atoms with van der Waals surface area (Å²) in [7, 11) is 0. The summed E-state index contributed by atoms with van der Waals surface area (Å²) < 4.78 is 2.11. The van der Waals surface area contributed by atoms with Crippen LogP contribution < -0.4 is 5.73 Å². The molecule has 0 aliphatic heterocycles. The van der Waals surface area contributed by atoms with Crippen LogP contribution in [0, 0.1) is 0 Å². The first-order valence-electron chi connectivity index (χ1n) is 6.48. The van der Waals surface area contributed by atoms with Crippen molar-refractivity contribution < 1.29 is 4.79 Å². The van der Waals surface area contributed by atoms with E-state index in [-0.39, 0.29) is 11.2 Å². The number of primary amides is 1. The standard InChI is InChI=1S/C13H15N5OS/c1-8(11(14)19)20-13-17-16-12(18(13)10-2-3-10)9-4-6-15-7-5-9/h4-8,10H,2-3H2,1H3,(H2,14,19)/t8-/m0/s1. The van der Waals surface area contributed by atoms with Crippen molar-refractivity contribution >= 4 is 17.7 Å². The summed E-state index contributed by atoms with van der Waals surface area (Å²) in [6.45, 7) is 1.78. The molecule has 1 aliphatic carbocycles. The van der Waals surface area contributed by atoms with Gasteiger partial charge in [-0.2, -0.15) is 0 Å². The molecule has 20 heavy (non-hydrogen) atoms. The third-order valence-corrected chi connectivity index (χ3v) is 4.27. The summed E-state index contributed by atoms with van der Waals surface area (Å²) >= 11 is 1.36. The Morgan fingerprint density at radius 3 is 2.70 bits per heavy atom. The van der Waals surface area contributed by atoms with Crippen LogP contribution in [-0.4, -0.2) is 30.9 Å². The number of carbonyl (C=O) groups is 1. The van der Waals surface area contributed by atoms with E-state index in [9.17, 15) is 4.79 Å². The van der Waals surface area contributed by atoms with Crippen molar-refractivity contribution in [1.82, 2.24) is 19.7 Å². The highest BCUT2D eigenvalue weighted by Crippen LogP contribution is 2.41. The molecule has 0 saturated heterocycles. The van der Waals surface area contributed by atoms with Gasteiger partial charge >= 0.3 is 0 Å². The third kappa shape index (κ3) is 2.53. The second-order valence-electron chi connectivity index (χ2n) is 4.81. The predicted octanol–water partition coefficient (Wildman–Crippen LogP) is 1.64. The molecule has 2 heterocycles. The lowest BCUT2D eigenvalue weighted by Gasteiger charge is -2.10. The molecule has 6 nitrogen and oxygen atoms in total. The van der Waals surface area contributed by atoms with Gasteiger partial charge in [0.05, 0.1) is 5.25 Å². The topological polar surface area (TPSA) is 86.7 Å². The summed E-state index contributed by atoms with van der Waals surface area (Å²) in [5.74, 6) is 0.486. The van der Waals surface area contributed by atoms with Gasteiger partial charge in [0.2, 0.25) is 5.91 Å². The number of rotatable bonds is 5. The minimum absolute atomic E-state index is 0.318. The van der Waals surface area contributed by atoms with E-state index in [1.165, 1.54) is 11.8 Å². The summed E-state index contributed by atoms with van der Waals surface area (Å²) in [5.41, 5.74) is 6.30. The number of nitrogens with two attached hydrogens (primary N) is 1. The smallest absolute Gasteiger partial charge is 0.230 e. The van der Waals surface area contributed by atoms with Crippen molar-refractivity contribution in [2.24, 2.45) is 5.73 Å². The van der Waals surface area contributed by atoms with E-state index in [1.807, 2.05) is 12.1 Å². The molecule has 1 atom stereocenters. The van der Waals surface area contributed by atoms with Gasteiger partial charge in [0.15, 0.2) is 11.0 Å². The lowest BCUT2D eigenvalue weighted by molar-refractivity contribution is -0.117. The zero-order valence-corrected chi connectivity index (χ0v) is 11.9. The maximum atomic E-state index is 11.2. The SMILES string of the molecule is C[C@H](Sc1nnc(-c2ccncc2)n1C1CC1)C(N)=O. The van der Waals surface area contributed by atoms with Crippen LogP contribution in [0.2, 0.25) is 0 Å². The Hall–Kier alpha value is -1.89. The van der Waals surface area contributed by atoms with Crippen molar-refractivity contribution in [3.63, 3.8) is 0 Å². The van der Waals surface area contributed by atoms with E-state index < -0.39 is 0 Å². The first-order chi connectivity index (χ1) is 9.66. The first kappa shape index (κ1) is 13.1. The first-order valence-corrected chi connectivity index (χ1v) is 7.36. The van der Waals surface area contributed by atoms with Gasteiger partial charge in [-0.05, 0) is 31.9 Å². The molecular formula is C13H15N5OS. The van der Waals surface area contributed by atoms with Crippen LogP contribution in [0.4, 0.5) is 0 Å². The van der Waals surface area contributed by atoms with Gasteiger partial charge in [-0.3, -0.25) is 14.3 Å². The van der Waals surface area contributed by atoms with E-state index in [1.54, 1.807) is 19.3 Å². The molecule has 0 radical (unpaired) electrons. The van der Waals surface area contributed by atoms with Crippen LogP contribution >= 0.6 is 11.8 Å². The highest BCUT2D eigenvalue weighted by Gasteiger charge is 2.31. The average Bonchev–Trinajstić information content (AvgIpc) is 3.21. The quantitative estimate of drug-likeness (QED) is 0.846. The molecule has 1 aliphatic rings. The molecule has 2 aromatic heterocycles. The van der Waals surface area contributed by atoms with Gasteiger partial charge in [0.25, 0.3) is 0 Å². The Morgan fingerprint density at radius 1 is 1.40 bits per heavy atom. The van der Waals surface area contributed by atoms with Gasteiger partial charge in [-0.15, -0.1) is 10.2 Å². The Bertz CT molecular complexity index is 623. The number of thioether (sulfide) groups is 1. The molecule has 1 amide bonds. The van der Waals surface area contributed by atoms with E-state index in [4.69, 9.17) is 5.73 Å². The van der Waals surface area contributed by atoms with Crippen LogP contribution in [0.5, 0.6) is 0 Å². The minimum atomic E-state index is -0.342. The summed E-state index contributed by atoms with van der Waals surface area (Å²) in [4.78, 5) is 15.2. The van der Waals surface area contributed by atoms with E-state index in [0.29, 0.717) is 6.04 Å². The number of aromatic nitrogens is 4. The largest absolute Gasteiger partial charge is 0.369 e. The third-order valence-electron chi connectivity index (χ3n) is 3.20. The number of hydrogen-bond acceptors (Lipinski definition) is 5. The highest BCUT2D eigenvalue weighted by atomic mass is 32.2. The molecule has 104 valence electrons. The molecule has 2 aromatic rings. The lowest BCUT2D eigenvalue weighted by Crippen LogP contribution is -2.23. The van der Waals surface area contributed by atoms with Crippen LogP contribution in [0.15, 0.2) is 29.7 Å². The molecule has 3 rings (SSSR count). The van der Waals surface area contributed by atoms with Gasteiger partial charge in [-0.25, -0.2) is 0 Å². The van der Waals surface area contributed by atoms with E-state index in [0.717, 1.165) is 29.4 Å². The maximum absolute atomic E-state index is 11.2.